The van der Waals surface area contributed by atoms with Gasteiger partial charge in [0.25, 0.3) is 5.91 Å². The lowest BCUT2D eigenvalue weighted by molar-refractivity contribution is 0.0933. The molecule has 2 aromatic rings. The summed E-state index contributed by atoms with van der Waals surface area (Å²) < 4.78 is 1.92. The molecule has 1 amide bonds. The minimum absolute atomic E-state index is 0.0369. The topological polar surface area (TPSA) is 59.0 Å². The number of rotatable bonds is 4. The van der Waals surface area contributed by atoms with Gasteiger partial charge in [-0.1, -0.05) is 24.3 Å². The average Bonchev–Trinajstić information content (AvgIpc) is 3.06. The first-order chi connectivity index (χ1) is 11.1. The van der Waals surface area contributed by atoms with E-state index >= 15 is 0 Å². The van der Waals surface area contributed by atoms with Crippen LogP contribution in [0.4, 0.5) is 0 Å². The highest BCUT2D eigenvalue weighted by atomic mass is 16.2. The van der Waals surface area contributed by atoms with Crippen LogP contribution in [0.3, 0.4) is 0 Å². The zero-order chi connectivity index (χ0) is 16.2. The number of nitrogens with one attached hydrogen (secondary N) is 2. The monoisotopic (exact) mass is 312 g/mol. The Morgan fingerprint density at radius 1 is 1.39 bits per heavy atom. The van der Waals surface area contributed by atoms with Crippen LogP contribution in [0.2, 0.25) is 0 Å². The molecule has 1 aromatic heterocycles. The number of hydrogen-bond donors (Lipinski definition) is 2. The second kappa shape index (κ2) is 6.96. The van der Waals surface area contributed by atoms with Crippen LogP contribution < -0.4 is 10.6 Å². The Hall–Kier alpha value is -2.14. The van der Waals surface area contributed by atoms with Crippen molar-refractivity contribution in [3.63, 3.8) is 0 Å². The Bertz CT molecular complexity index is 673. The van der Waals surface area contributed by atoms with E-state index in [1.807, 2.05) is 36.0 Å². The van der Waals surface area contributed by atoms with Gasteiger partial charge >= 0.3 is 0 Å². The lowest BCUT2D eigenvalue weighted by Crippen LogP contribution is -2.32. The van der Waals surface area contributed by atoms with Gasteiger partial charge < -0.3 is 10.6 Å². The summed E-state index contributed by atoms with van der Waals surface area (Å²) in [4.78, 5) is 12.4. The molecule has 122 valence electrons. The minimum atomic E-state index is -0.122. The maximum absolute atomic E-state index is 12.4. The Balaban J connectivity index is 1.66. The van der Waals surface area contributed by atoms with E-state index in [1.165, 1.54) is 5.56 Å². The quantitative estimate of drug-likeness (QED) is 0.912. The molecule has 3 rings (SSSR count). The molecule has 2 heterocycles. The van der Waals surface area contributed by atoms with Crippen molar-refractivity contribution < 1.29 is 4.79 Å². The first-order valence-corrected chi connectivity index (χ1v) is 8.27. The molecule has 1 aliphatic rings. The van der Waals surface area contributed by atoms with Crippen LogP contribution in [-0.4, -0.2) is 28.8 Å². The maximum atomic E-state index is 12.4. The van der Waals surface area contributed by atoms with Crippen LogP contribution in [0.25, 0.3) is 0 Å². The van der Waals surface area contributed by atoms with E-state index in [2.05, 4.69) is 28.7 Å². The van der Waals surface area contributed by atoms with Crippen molar-refractivity contribution in [2.45, 2.75) is 38.8 Å². The number of amides is 1. The summed E-state index contributed by atoms with van der Waals surface area (Å²) in [5.41, 5.74) is 2.80. The predicted octanol–water partition coefficient (Wildman–Crippen LogP) is 2.61. The zero-order valence-corrected chi connectivity index (χ0v) is 13.7. The Kier molecular flexibility index (Phi) is 4.76. The fourth-order valence-corrected chi connectivity index (χ4v) is 3.14. The van der Waals surface area contributed by atoms with Crippen molar-refractivity contribution in [3.05, 3.63) is 53.3 Å². The highest BCUT2D eigenvalue weighted by Gasteiger charge is 2.19. The van der Waals surface area contributed by atoms with E-state index < -0.39 is 0 Å². The first kappa shape index (κ1) is 15.7. The second-order valence-electron chi connectivity index (χ2n) is 6.23. The molecule has 2 N–H and O–H groups in total. The maximum Gasteiger partial charge on any atom is 0.272 e. The smallest absolute Gasteiger partial charge is 0.272 e. The molecule has 5 nitrogen and oxygen atoms in total. The third-order valence-electron chi connectivity index (χ3n) is 4.49. The van der Waals surface area contributed by atoms with Gasteiger partial charge in [-0.05, 0) is 50.4 Å². The Morgan fingerprint density at radius 3 is 2.96 bits per heavy atom. The summed E-state index contributed by atoms with van der Waals surface area (Å²) in [5.74, 6) is -0.122. The summed E-state index contributed by atoms with van der Waals surface area (Å²) in [7, 11) is 0. The van der Waals surface area contributed by atoms with Crippen LogP contribution in [-0.2, 0) is 0 Å². The van der Waals surface area contributed by atoms with Crippen LogP contribution in [0.15, 0.2) is 36.5 Å². The molecular formula is C18H24N4O. The van der Waals surface area contributed by atoms with Gasteiger partial charge in [0.1, 0.15) is 5.69 Å². The molecule has 0 saturated carbocycles. The standard InChI is InChI=1S/C18H24N4O/c1-13-6-3-4-8-16(13)14(2)20-18(23)17-9-11-22(21-17)15-7-5-10-19-12-15/h3-4,6,8-9,11,14-15,19H,5,7,10,12H2,1-2H3,(H,20,23)/t14-,15-/m1/s1. The van der Waals surface area contributed by atoms with E-state index in [-0.39, 0.29) is 11.9 Å². The van der Waals surface area contributed by atoms with Gasteiger partial charge in [-0.3, -0.25) is 9.48 Å². The van der Waals surface area contributed by atoms with Gasteiger partial charge in [-0.2, -0.15) is 5.10 Å². The summed E-state index contributed by atoms with van der Waals surface area (Å²) in [6.07, 6.45) is 4.16. The van der Waals surface area contributed by atoms with Crippen molar-refractivity contribution >= 4 is 5.91 Å². The lowest BCUT2D eigenvalue weighted by Gasteiger charge is -2.23. The summed E-state index contributed by atoms with van der Waals surface area (Å²) in [6, 6.07) is 10.2. The first-order valence-electron chi connectivity index (χ1n) is 8.27. The SMILES string of the molecule is Cc1ccccc1[C@@H](C)NC(=O)c1ccn([C@@H]2CCCNC2)n1. The van der Waals surface area contributed by atoms with Crippen LogP contribution in [0.1, 0.15) is 53.5 Å². The third-order valence-corrected chi connectivity index (χ3v) is 4.49. The highest BCUT2D eigenvalue weighted by Crippen LogP contribution is 2.18. The number of piperidine rings is 1. The molecular weight excluding hydrogens is 288 g/mol. The third kappa shape index (κ3) is 3.62. The van der Waals surface area contributed by atoms with E-state index in [9.17, 15) is 4.79 Å². The number of carbonyl (C=O) groups is 1. The van der Waals surface area contributed by atoms with Crippen molar-refractivity contribution in [1.82, 2.24) is 20.4 Å². The van der Waals surface area contributed by atoms with Gasteiger partial charge in [0.05, 0.1) is 12.1 Å². The number of nitrogens with zero attached hydrogens (tertiary/aromatic N) is 2. The van der Waals surface area contributed by atoms with Gasteiger partial charge in [0.2, 0.25) is 0 Å². The number of benzene rings is 1. The molecule has 0 spiro atoms. The largest absolute Gasteiger partial charge is 0.344 e. The fourth-order valence-electron chi connectivity index (χ4n) is 3.14. The molecule has 2 atom stereocenters. The number of aromatic nitrogens is 2. The van der Waals surface area contributed by atoms with E-state index in [1.54, 1.807) is 6.07 Å². The number of hydrogen-bond acceptors (Lipinski definition) is 3. The van der Waals surface area contributed by atoms with Gasteiger partial charge in [-0.15, -0.1) is 0 Å². The highest BCUT2D eigenvalue weighted by molar-refractivity contribution is 5.92. The van der Waals surface area contributed by atoms with Crippen molar-refractivity contribution in [2.75, 3.05) is 13.1 Å². The minimum Gasteiger partial charge on any atom is -0.344 e. The second-order valence-corrected chi connectivity index (χ2v) is 6.23. The molecule has 0 unspecified atom stereocenters. The van der Waals surface area contributed by atoms with Crippen molar-refractivity contribution in [2.24, 2.45) is 0 Å². The van der Waals surface area contributed by atoms with Crippen LogP contribution in [0.5, 0.6) is 0 Å². The lowest BCUT2D eigenvalue weighted by atomic mass is 10.0. The van der Waals surface area contributed by atoms with Gasteiger partial charge in [0, 0.05) is 12.7 Å². The summed E-state index contributed by atoms with van der Waals surface area (Å²) in [5, 5.41) is 10.9. The molecule has 0 aliphatic carbocycles. The average molecular weight is 312 g/mol. The van der Waals surface area contributed by atoms with E-state index in [0.29, 0.717) is 11.7 Å². The van der Waals surface area contributed by atoms with Crippen LogP contribution >= 0.6 is 0 Å². The van der Waals surface area contributed by atoms with Gasteiger partial charge in [-0.25, -0.2) is 0 Å². The summed E-state index contributed by atoms with van der Waals surface area (Å²) >= 11 is 0. The number of aryl methyl sites for hydroxylation is 1. The molecule has 1 aromatic carbocycles. The summed E-state index contributed by atoms with van der Waals surface area (Å²) in [6.45, 7) is 6.05. The van der Waals surface area contributed by atoms with E-state index in [0.717, 1.165) is 31.5 Å². The predicted molar refractivity (Wildman–Crippen MR) is 90.4 cm³/mol. The van der Waals surface area contributed by atoms with E-state index in [4.69, 9.17) is 0 Å². The van der Waals surface area contributed by atoms with Crippen molar-refractivity contribution in [1.29, 1.82) is 0 Å². The molecule has 1 aliphatic heterocycles. The molecule has 5 heteroatoms. The normalized spacial score (nSPS) is 19.3. The van der Waals surface area contributed by atoms with Crippen LogP contribution in [0, 0.1) is 6.92 Å². The molecule has 1 saturated heterocycles. The number of carbonyl (C=O) groups excluding carboxylic acids is 1. The molecule has 23 heavy (non-hydrogen) atoms. The molecule has 0 radical (unpaired) electrons. The fraction of sp³-hybridized carbons (Fsp3) is 0.444. The molecule has 1 fully saturated rings. The van der Waals surface area contributed by atoms with Crippen molar-refractivity contribution in [3.8, 4) is 0 Å². The van der Waals surface area contributed by atoms with Gasteiger partial charge in [0.15, 0.2) is 0 Å². The zero-order valence-electron chi connectivity index (χ0n) is 13.7. The Morgan fingerprint density at radius 2 is 2.22 bits per heavy atom. The molecule has 0 bridgehead atoms. The Labute approximate surface area is 137 Å².